The lowest BCUT2D eigenvalue weighted by Gasteiger charge is -2.37. The van der Waals surface area contributed by atoms with Crippen molar-refractivity contribution in [3.8, 4) is 0 Å². The minimum absolute atomic E-state index is 0.0246. The summed E-state index contributed by atoms with van der Waals surface area (Å²) in [4.78, 5) is 14.1. The average Bonchev–Trinajstić information content (AvgIpc) is 3.18. The van der Waals surface area contributed by atoms with Crippen molar-refractivity contribution in [3.63, 3.8) is 0 Å². The van der Waals surface area contributed by atoms with Crippen LogP contribution in [0.4, 0.5) is 0 Å². The van der Waals surface area contributed by atoms with E-state index in [1.165, 1.54) is 11.8 Å². The predicted octanol–water partition coefficient (Wildman–Crippen LogP) is 3.13. The van der Waals surface area contributed by atoms with Crippen LogP contribution < -0.4 is 0 Å². The van der Waals surface area contributed by atoms with E-state index < -0.39 is 34.8 Å². The molecular weight excluding hydrogens is 368 g/mol. The molecule has 4 rings (SSSR count). The molecule has 1 aromatic carbocycles. The molecule has 5 atom stereocenters. The van der Waals surface area contributed by atoms with Gasteiger partial charge in [0.2, 0.25) is 0 Å². The Hall–Kier alpha value is -0.960. The monoisotopic (exact) mass is 394 g/mol. The van der Waals surface area contributed by atoms with Crippen LogP contribution in [0, 0.1) is 0 Å². The first kappa shape index (κ1) is 19.4. The summed E-state index contributed by atoms with van der Waals surface area (Å²) in [6, 6.07) is 9.82. The number of benzene rings is 1. The van der Waals surface area contributed by atoms with Crippen LogP contribution in [-0.4, -0.2) is 53.3 Å². The smallest absolute Gasteiger partial charge is 0.189 e. The molecule has 3 fully saturated rings. The third kappa shape index (κ3) is 3.34. The summed E-state index contributed by atoms with van der Waals surface area (Å²) in [5, 5.41) is 0. The molecule has 1 aromatic rings. The number of carbonyl (C=O) groups excluding carboxylic acids is 1. The second-order valence-corrected chi connectivity index (χ2v) is 9.46. The Labute approximate surface area is 163 Å². The number of hydrogen-bond donors (Lipinski definition) is 0. The van der Waals surface area contributed by atoms with Crippen LogP contribution in [-0.2, 0) is 28.5 Å². The van der Waals surface area contributed by atoms with Gasteiger partial charge in [0.05, 0.1) is 6.61 Å². The Kier molecular flexibility index (Phi) is 4.69. The number of Topliss-reactive ketones (excluding diaryl/α,β-unsaturated/α-hetero) is 1. The first-order chi connectivity index (χ1) is 12.6. The van der Waals surface area contributed by atoms with Gasteiger partial charge in [-0.15, -0.1) is 11.8 Å². The Morgan fingerprint density at radius 1 is 1.00 bits per heavy atom. The Balaban J connectivity index is 1.74. The zero-order valence-corrected chi connectivity index (χ0v) is 17.1. The molecule has 27 heavy (non-hydrogen) atoms. The van der Waals surface area contributed by atoms with Gasteiger partial charge in [0.15, 0.2) is 23.6 Å². The number of thioether (sulfide) groups is 1. The van der Waals surface area contributed by atoms with Crippen LogP contribution in [0.15, 0.2) is 35.2 Å². The van der Waals surface area contributed by atoms with E-state index in [0.29, 0.717) is 6.61 Å². The second kappa shape index (κ2) is 6.54. The molecule has 6 nitrogen and oxygen atoms in total. The van der Waals surface area contributed by atoms with Crippen molar-refractivity contribution in [1.29, 1.82) is 0 Å². The molecule has 0 unspecified atom stereocenters. The molecular formula is C20H26O6S. The van der Waals surface area contributed by atoms with Gasteiger partial charge in [-0.25, -0.2) is 0 Å². The summed E-state index contributed by atoms with van der Waals surface area (Å²) in [6.07, 6.45) is -2.10. The van der Waals surface area contributed by atoms with Gasteiger partial charge >= 0.3 is 0 Å². The van der Waals surface area contributed by atoms with Gasteiger partial charge in [-0.3, -0.25) is 4.79 Å². The fraction of sp³-hybridized carbons (Fsp3) is 0.650. The van der Waals surface area contributed by atoms with E-state index in [4.69, 9.17) is 23.7 Å². The second-order valence-electron chi connectivity index (χ2n) is 8.11. The van der Waals surface area contributed by atoms with Gasteiger partial charge in [-0.1, -0.05) is 18.2 Å². The summed E-state index contributed by atoms with van der Waals surface area (Å²) in [6.45, 7) is 9.33. The maximum Gasteiger partial charge on any atom is 0.189 e. The number of rotatable bonds is 4. The molecule has 0 spiro atoms. The van der Waals surface area contributed by atoms with E-state index in [1.807, 2.05) is 58.0 Å². The SMILES string of the molecule is CC(=O)[C@]1(Sc2ccccc2)[C@@H]([C@H]2COC(C)(C)O2)O[C@@H]2OC(C)(C)O[C@@H]21. The van der Waals surface area contributed by atoms with Crippen LogP contribution in [0.1, 0.15) is 34.6 Å². The normalized spacial score (nSPS) is 39.4. The minimum Gasteiger partial charge on any atom is -0.348 e. The van der Waals surface area contributed by atoms with Gasteiger partial charge in [-0.05, 0) is 46.8 Å². The highest BCUT2D eigenvalue weighted by molar-refractivity contribution is 8.01. The van der Waals surface area contributed by atoms with E-state index in [0.717, 1.165) is 4.90 Å². The number of ether oxygens (including phenoxy) is 5. The van der Waals surface area contributed by atoms with Crippen molar-refractivity contribution >= 4 is 17.5 Å². The van der Waals surface area contributed by atoms with E-state index in [-0.39, 0.29) is 11.9 Å². The molecule has 3 saturated heterocycles. The number of ketones is 1. The largest absolute Gasteiger partial charge is 0.348 e. The maximum absolute atomic E-state index is 13.1. The predicted molar refractivity (Wildman–Crippen MR) is 99.3 cm³/mol. The van der Waals surface area contributed by atoms with Crippen molar-refractivity contribution in [2.75, 3.05) is 6.61 Å². The minimum atomic E-state index is -0.992. The van der Waals surface area contributed by atoms with Crippen molar-refractivity contribution < 1.29 is 28.5 Å². The number of carbonyl (C=O) groups is 1. The van der Waals surface area contributed by atoms with Gasteiger partial charge < -0.3 is 23.7 Å². The molecule has 0 aliphatic carbocycles. The zero-order chi connectivity index (χ0) is 19.4. The Morgan fingerprint density at radius 3 is 2.30 bits per heavy atom. The van der Waals surface area contributed by atoms with E-state index in [9.17, 15) is 4.79 Å². The molecule has 7 heteroatoms. The van der Waals surface area contributed by atoms with E-state index in [2.05, 4.69) is 0 Å². The zero-order valence-electron chi connectivity index (χ0n) is 16.3. The Bertz CT molecular complexity index is 720. The Morgan fingerprint density at radius 2 is 1.70 bits per heavy atom. The first-order valence-corrected chi connectivity index (χ1v) is 10.0. The number of hydrogen-bond acceptors (Lipinski definition) is 7. The van der Waals surface area contributed by atoms with Crippen molar-refractivity contribution in [2.24, 2.45) is 0 Å². The third-order valence-corrected chi connectivity index (χ3v) is 6.73. The van der Waals surface area contributed by atoms with Crippen LogP contribution in [0.2, 0.25) is 0 Å². The lowest BCUT2D eigenvalue weighted by molar-refractivity contribution is -0.223. The average molecular weight is 394 g/mol. The fourth-order valence-electron chi connectivity index (χ4n) is 4.03. The molecule has 148 valence electrons. The quantitative estimate of drug-likeness (QED) is 0.777. The number of fused-ring (bicyclic) bond motifs is 1. The van der Waals surface area contributed by atoms with Crippen LogP contribution in [0.5, 0.6) is 0 Å². The fourth-order valence-corrected chi connectivity index (χ4v) is 5.45. The molecule has 3 heterocycles. The van der Waals surface area contributed by atoms with Crippen molar-refractivity contribution in [1.82, 2.24) is 0 Å². The van der Waals surface area contributed by atoms with E-state index in [1.54, 1.807) is 6.92 Å². The van der Waals surface area contributed by atoms with Crippen LogP contribution in [0.25, 0.3) is 0 Å². The summed E-state index contributed by atoms with van der Waals surface area (Å²) < 4.78 is 29.2. The molecule has 0 amide bonds. The summed E-state index contributed by atoms with van der Waals surface area (Å²) in [7, 11) is 0. The lowest BCUT2D eigenvalue weighted by atomic mass is 9.90. The summed E-state index contributed by atoms with van der Waals surface area (Å²) in [5.41, 5.74) is 0. The third-order valence-electron chi connectivity index (χ3n) is 5.13. The molecule has 0 N–H and O–H groups in total. The molecule has 3 aliphatic rings. The standard InChI is InChI=1S/C20H26O6S/c1-12(21)20(27-13-9-7-6-8-10-13)15(14-11-22-18(2,3)24-14)23-17-16(20)25-19(4,5)26-17/h6-10,14-17H,11H2,1-5H3/t14-,15-,16+,17-,20+/m1/s1. The van der Waals surface area contributed by atoms with Gasteiger partial charge in [-0.2, -0.15) is 0 Å². The summed E-state index contributed by atoms with van der Waals surface area (Å²) >= 11 is 1.46. The van der Waals surface area contributed by atoms with Crippen molar-refractivity contribution in [3.05, 3.63) is 30.3 Å². The lowest BCUT2D eigenvalue weighted by Crippen LogP contribution is -2.56. The molecule has 0 bridgehead atoms. The highest BCUT2D eigenvalue weighted by Gasteiger charge is 2.69. The molecule has 3 aliphatic heterocycles. The highest BCUT2D eigenvalue weighted by Crippen LogP contribution is 2.54. The molecule has 0 radical (unpaired) electrons. The van der Waals surface area contributed by atoms with Gasteiger partial charge in [0.25, 0.3) is 0 Å². The first-order valence-electron chi connectivity index (χ1n) is 9.21. The molecule has 0 saturated carbocycles. The summed E-state index contributed by atoms with van der Waals surface area (Å²) in [5.74, 6) is -1.56. The maximum atomic E-state index is 13.1. The van der Waals surface area contributed by atoms with Crippen LogP contribution >= 0.6 is 11.8 Å². The molecule has 0 aromatic heterocycles. The van der Waals surface area contributed by atoms with E-state index >= 15 is 0 Å². The van der Waals surface area contributed by atoms with Crippen LogP contribution in [0.3, 0.4) is 0 Å². The highest BCUT2D eigenvalue weighted by atomic mass is 32.2. The van der Waals surface area contributed by atoms with Gasteiger partial charge in [0.1, 0.15) is 23.1 Å². The van der Waals surface area contributed by atoms with Gasteiger partial charge in [0, 0.05) is 4.90 Å². The topological polar surface area (TPSA) is 63.2 Å². The van der Waals surface area contributed by atoms with Crippen molar-refractivity contribution in [2.45, 2.75) is 80.4 Å².